The van der Waals surface area contributed by atoms with Crippen LogP contribution in [-0.2, 0) is 5.60 Å². The molecule has 3 rings (SSSR count). The predicted octanol–water partition coefficient (Wildman–Crippen LogP) is 4.25. The molecule has 1 heterocycles. The number of halogens is 1. The van der Waals surface area contributed by atoms with Gasteiger partial charge < -0.3 is 5.11 Å². The van der Waals surface area contributed by atoms with Gasteiger partial charge in [0.05, 0.1) is 5.52 Å². The molecule has 1 atom stereocenters. The lowest BCUT2D eigenvalue weighted by atomic mass is 9.86. The van der Waals surface area contributed by atoms with E-state index in [1.807, 2.05) is 61.5 Å². The average Bonchev–Trinajstić information content (AvgIpc) is 2.46. The van der Waals surface area contributed by atoms with E-state index in [4.69, 9.17) is 0 Å². The monoisotopic (exact) mass is 327 g/mol. The largest absolute Gasteiger partial charge is 0.381 e. The van der Waals surface area contributed by atoms with Gasteiger partial charge in [-0.05, 0) is 42.3 Å². The van der Waals surface area contributed by atoms with E-state index >= 15 is 0 Å². The van der Waals surface area contributed by atoms with Crippen LogP contribution in [-0.4, -0.2) is 10.1 Å². The summed E-state index contributed by atoms with van der Waals surface area (Å²) in [7, 11) is 0. The van der Waals surface area contributed by atoms with Gasteiger partial charge in [0.2, 0.25) is 0 Å². The number of fused-ring (bicyclic) bond motifs is 1. The van der Waals surface area contributed by atoms with E-state index in [1.54, 1.807) is 6.20 Å². The molecule has 1 N–H and O–H groups in total. The zero-order chi connectivity index (χ0) is 14.2. The highest BCUT2D eigenvalue weighted by molar-refractivity contribution is 9.10. The minimum absolute atomic E-state index is 0.850. The highest BCUT2D eigenvalue weighted by Gasteiger charge is 2.27. The lowest BCUT2D eigenvalue weighted by Crippen LogP contribution is -2.23. The van der Waals surface area contributed by atoms with Gasteiger partial charge in [-0.1, -0.05) is 46.3 Å². The standard InChI is InChI=1S/C17H14BrNO/c1-17(20,12-5-2-6-13(18)11-12)15-8-3-9-16-14(15)7-4-10-19-16/h2-11,20H,1H3. The van der Waals surface area contributed by atoms with Gasteiger partial charge >= 0.3 is 0 Å². The van der Waals surface area contributed by atoms with Gasteiger partial charge in [-0.25, -0.2) is 0 Å². The third-order valence-electron chi connectivity index (χ3n) is 3.56. The fraction of sp³-hybridized carbons (Fsp3) is 0.118. The van der Waals surface area contributed by atoms with Crippen molar-refractivity contribution >= 4 is 26.8 Å². The van der Waals surface area contributed by atoms with Gasteiger partial charge in [0.15, 0.2) is 0 Å². The number of rotatable bonds is 2. The molecule has 2 nitrogen and oxygen atoms in total. The Hall–Kier alpha value is -1.71. The average molecular weight is 328 g/mol. The molecular weight excluding hydrogens is 314 g/mol. The van der Waals surface area contributed by atoms with E-state index in [1.165, 1.54) is 0 Å². The van der Waals surface area contributed by atoms with Crippen molar-refractivity contribution in [2.45, 2.75) is 12.5 Å². The first-order chi connectivity index (χ1) is 9.59. The van der Waals surface area contributed by atoms with Crippen LogP contribution in [0.5, 0.6) is 0 Å². The molecule has 3 heteroatoms. The smallest absolute Gasteiger partial charge is 0.112 e. The lowest BCUT2D eigenvalue weighted by molar-refractivity contribution is 0.104. The summed E-state index contributed by atoms with van der Waals surface area (Å²) < 4.78 is 0.952. The zero-order valence-electron chi connectivity index (χ0n) is 11.0. The molecule has 100 valence electrons. The molecule has 0 bridgehead atoms. The Kier molecular flexibility index (Phi) is 3.32. The second-order valence-electron chi connectivity index (χ2n) is 4.96. The molecule has 0 aliphatic rings. The Morgan fingerprint density at radius 3 is 2.65 bits per heavy atom. The molecule has 0 spiro atoms. The summed E-state index contributed by atoms with van der Waals surface area (Å²) in [6.07, 6.45) is 1.76. The third kappa shape index (κ3) is 2.23. The van der Waals surface area contributed by atoms with Crippen LogP contribution < -0.4 is 0 Å². The summed E-state index contributed by atoms with van der Waals surface area (Å²) in [5.74, 6) is 0. The van der Waals surface area contributed by atoms with Crippen LogP contribution in [0.4, 0.5) is 0 Å². The van der Waals surface area contributed by atoms with Crippen molar-refractivity contribution in [1.29, 1.82) is 0 Å². The first-order valence-electron chi connectivity index (χ1n) is 6.42. The first-order valence-corrected chi connectivity index (χ1v) is 7.21. The topological polar surface area (TPSA) is 33.1 Å². The van der Waals surface area contributed by atoms with Crippen molar-refractivity contribution < 1.29 is 5.11 Å². The second kappa shape index (κ2) is 5.00. The normalized spacial score (nSPS) is 14.2. The maximum atomic E-state index is 11.0. The Labute approximate surface area is 126 Å². The van der Waals surface area contributed by atoms with Gasteiger partial charge in [0.25, 0.3) is 0 Å². The van der Waals surface area contributed by atoms with Crippen LogP contribution in [0.1, 0.15) is 18.1 Å². The van der Waals surface area contributed by atoms with E-state index in [0.29, 0.717) is 0 Å². The number of hydrogen-bond acceptors (Lipinski definition) is 2. The Balaban J connectivity index is 2.23. The van der Waals surface area contributed by atoms with Crippen molar-refractivity contribution in [1.82, 2.24) is 4.98 Å². The van der Waals surface area contributed by atoms with Gasteiger partial charge in [-0.2, -0.15) is 0 Å². The van der Waals surface area contributed by atoms with Gasteiger partial charge in [0, 0.05) is 16.1 Å². The Morgan fingerprint density at radius 2 is 1.85 bits per heavy atom. The van der Waals surface area contributed by atoms with Crippen molar-refractivity contribution in [3.05, 3.63) is 76.4 Å². The molecule has 0 saturated heterocycles. The molecule has 0 aliphatic heterocycles. The van der Waals surface area contributed by atoms with E-state index in [9.17, 15) is 5.11 Å². The van der Waals surface area contributed by atoms with Crippen molar-refractivity contribution in [2.24, 2.45) is 0 Å². The van der Waals surface area contributed by atoms with Crippen molar-refractivity contribution in [3.63, 3.8) is 0 Å². The van der Waals surface area contributed by atoms with E-state index in [2.05, 4.69) is 20.9 Å². The van der Waals surface area contributed by atoms with Crippen molar-refractivity contribution in [2.75, 3.05) is 0 Å². The summed E-state index contributed by atoms with van der Waals surface area (Å²) in [5.41, 5.74) is 1.54. The van der Waals surface area contributed by atoms with Crippen LogP contribution in [0.15, 0.2) is 65.3 Å². The number of benzene rings is 2. The summed E-state index contributed by atoms with van der Waals surface area (Å²) in [6.45, 7) is 1.82. The molecule has 0 fully saturated rings. The summed E-state index contributed by atoms with van der Waals surface area (Å²) in [5, 5.41) is 12.0. The van der Waals surface area contributed by atoms with Crippen LogP contribution in [0.2, 0.25) is 0 Å². The minimum atomic E-state index is -1.06. The highest BCUT2D eigenvalue weighted by Crippen LogP contribution is 2.34. The second-order valence-corrected chi connectivity index (χ2v) is 5.87. The third-order valence-corrected chi connectivity index (χ3v) is 4.05. The SMILES string of the molecule is CC(O)(c1cccc(Br)c1)c1cccc2ncccc12. The molecule has 1 aromatic heterocycles. The van der Waals surface area contributed by atoms with E-state index in [-0.39, 0.29) is 0 Å². The van der Waals surface area contributed by atoms with Crippen molar-refractivity contribution in [3.8, 4) is 0 Å². The number of pyridine rings is 1. The summed E-state index contributed by atoms with van der Waals surface area (Å²) in [6, 6.07) is 17.5. The highest BCUT2D eigenvalue weighted by atomic mass is 79.9. The maximum absolute atomic E-state index is 11.0. The number of aliphatic hydroxyl groups is 1. The zero-order valence-corrected chi connectivity index (χ0v) is 12.6. The number of nitrogens with zero attached hydrogens (tertiary/aromatic N) is 1. The quantitative estimate of drug-likeness (QED) is 0.763. The fourth-order valence-corrected chi connectivity index (χ4v) is 2.87. The maximum Gasteiger partial charge on any atom is 0.112 e. The van der Waals surface area contributed by atoms with Gasteiger partial charge in [-0.3, -0.25) is 4.98 Å². The molecular formula is C17H14BrNO. The molecule has 2 aromatic carbocycles. The van der Waals surface area contributed by atoms with Crippen LogP contribution in [0.3, 0.4) is 0 Å². The number of aromatic nitrogens is 1. The molecule has 0 amide bonds. The summed E-state index contributed by atoms with van der Waals surface area (Å²) in [4.78, 5) is 4.35. The minimum Gasteiger partial charge on any atom is -0.381 e. The Morgan fingerprint density at radius 1 is 1.05 bits per heavy atom. The van der Waals surface area contributed by atoms with Crippen LogP contribution >= 0.6 is 15.9 Å². The Bertz CT molecular complexity index is 762. The predicted molar refractivity (Wildman–Crippen MR) is 84.6 cm³/mol. The molecule has 20 heavy (non-hydrogen) atoms. The first kappa shape index (κ1) is 13.3. The van der Waals surface area contributed by atoms with Crippen LogP contribution in [0.25, 0.3) is 10.9 Å². The van der Waals surface area contributed by atoms with Gasteiger partial charge in [0.1, 0.15) is 5.60 Å². The molecule has 0 saturated carbocycles. The lowest BCUT2D eigenvalue weighted by Gasteiger charge is -2.26. The van der Waals surface area contributed by atoms with Crippen LogP contribution in [0, 0.1) is 0 Å². The number of hydrogen-bond donors (Lipinski definition) is 1. The fourth-order valence-electron chi connectivity index (χ4n) is 2.47. The summed E-state index contributed by atoms with van der Waals surface area (Å²) >= 11 is 3.45. The molecule has 0 aliphatic carbocycles. The molecule has 1 unspecified atom stereocenters. The van der Waals surface area contributed by atoms with Gasteiger partial charge in [-0.15, -0.1) is 0 Å². The van der Waals surface area contributed by atoms with E-state index in [0.717, 1.165) is 26.5 Å². The van der Waals surface area contributed by atoms with E-state index < -0.39 is 5.60 Å². The molecule has 3 aromatic rings. The molecule has 0 radical (unpaired) electrons.